The Morgan fingerprint density at radius 1 is 1.48 bits per heavy atom. The number of ether oxygens (including phenoxy) is 1. The third-order valence-electron chi connectivity index (χ3n) is 3.73. The number of aromatic nitrogens is 2. The first-order chi connectivity index (χ1) is 10.9. The Hall–Kier alpha value is -2.41. The molecule has 1 aliphatic rings. The number of carbonyl (C=O) groups excluding carboxylic acids is 2. The largest absolute Gasteiger partial charge is 0.466 e. The van der Waals surface area contributed by atoms with Crippen LogP contribution in [0.5, 0.6) is 0 Å². The lowest BCUT2D eigenvalue weighted by atomic mass is 10.2. The van der Waals surface area contributed by atoms with Crippen LogP contribution in [-0.4, -0.2) is 28.5 Å². The average Bonchev–Trinajstić information content (AvgIpc) is 3.24. The molecule has 2 atom stereocenters. The predicted octanol–water partition coefficient (Wildman–Crippen LogP) is 2.00. The van der Waals surface area contributed by atoms with Crippen molar-refractivity contribution in [2.24, 2.45) is 11.8 Å². The van der Waals surface area contributed by atoms with Crippen molar-refractivity contribution >= 4 is 45.9 Å². The SMILES string of the molecule is CC(=O)OCC1CC1C(=O)Nc1cc2cc(Cl)nc(N)c2cn1. The number of hydrogen-bond acceptors (Lipinski definition) is 6. The normalized spacial score (nSPS) is 19.4. The third kappa shape index (κ3) is 3.50. The fourth-order valence-electron chi connectivity index (χ4n) is 2.40. The van der Waals surface area contributed by atoms with Crippen molar-refractivity contribution < 1.29 is 14.3 Å². The second kappa shape index (κ2) is 6.00. The fraction of sp³-hybridized carbons (Fsp3) is 0.333. The number of nitrogens with one attached hydrogen (secondary N) is 1. The van der Waals surface area contributed by atoms with Gasteiger partial charge >= 0.3 is 5.97 Å². The molecule has 0 saturated heterocycles. The molecule has 1 aliphatic carbocycles. The molecule has 3 N–H and O–H groups in total. The topological polar surface area (TPSA) is 107 Å². The molecule has 8 heteroatoms. The quantitative estimate of drug-likeness (QED) is 0.654. The van der Waals surface area contributed by atoms with Gasteiger partial charge < -0.3 is 15.8 Å². The Kier molecular flexibility index (Phi) is 4.04. The molecule has 0 spiro atoms. The van der Waals surface area contributed by atoms with Gasteiger partial charge in [0.1, 0.15) is 16.8 Å². The van der Waals surface area contributed by atoms with Crippen molar-refractivity contribution in [1.29, 1.82) is 0 Å². The van der Waals surface area contributed by atoms with Gasteiger partial charge in [-0.25, -0.2) is 9.97 Å². The lowest BCUT2D eigenvalue weighted by Gasteiger charge is -2.07. The Bertz CT molecular complexity index is 796. The zero-order valence-electron chi connectivity index (χ0n) is 12.4. The van der Waals surface area contributed by atoms with Crippen molar-refractivity contribution in [1.82, 2.24) is 9.97 Å². The highest BCUT2D eigenvalue weighted by molar-refractivity contribution is 6.30. The van der Waals surface area contributed by atoms with Crippen LogP contribution in [0.3, 0.4) is 0 Å². The first-order valence-electron chi connectivity index (χ1n) is 7.10. The molecular formula is C15H15ClN4O3. The number of fused-ring (bicyclic) bond motifs is 1. The number of halogens is 1. The van der Waals surface area contributed by atoms with E-state index in [0.29, 0.717) is 23.4 Å². The summed E-state index contributed by atoms with van der Waals surface area (Å²) in [7, 11) is 0. The van der Waals surface area contributed by atoms with Crippen molar-refractivity contribution in [3.05, 3.63) is 23.5 Å². The standard InChI is InChI=1S/C15H15ClN4O3/c1-7(21)23-6-9-2-10(9)15(22)20-13-4-8-3-12(16)19-14(17)11(8)5-18-13/h3-5,9-10H,2,6H2,1H3,(H2,17,19)(H,18,20,22). The highest BCUT2D eigenvalue weighted by Crippen LogP contribution is 2.39. The van der Waals surface area contributed by atoms with Gasteiger partial charge in [0, 0.05) is 30.3 Å². The highest BCUT2D eigenvalue weighted by Gasteiger charge is 2.43. The highest BCUT2D eigenvalue weighted by atomic mass is 35.5. The molecule has 3 rings (SSSR count). The second-order valence-corrected chi connectivity index (χ2v) is 5.90. The monoisotopic (exact) mass is 334 g/mol. The summed E-state index contributed by atoms with van der Waals surface area (Å²) >= 11 is 5.88. The zero-order valence-corrected chi connectivity index (χ0v) is 13.1. The maximum Gasteiger partial charge on any atom is 0.302 e. The lowest BCUT2D eigenvalue weighted by Crippen LogP contribution is -2.17. The maximum atomic E-state index is 12.1. The van der Waals surface area contributed by atoms with E-state index in [4.69, 9.17) is 22.1 Å². The molecular weight excluding hydrogens is 320 g/mol. The van der Waals surface area contributed by atoms with E-state index in [0.717, 1.165) is 5.39 Å². The summed E-state index contributed by atoms with van der Waals surface area (Å²) in [5.74, 6) is 0.160. The Morgan fingerprint density at radius 2 is 2.26 bits per heavy atom. The van der Waals surface area contributed by atoms with Crippen LogP contribution in [0, 0.1) is 11.8 Å². The lowest BCUT2D eigenvalue weighted by molar-refractivity contribution is -0.141. The van der Waals surface area contributed by atoms with Crippen molar-refractivity contribution in [3.63, 3.8) is 0 Å². The number of nitrogens with zero attached hydrogens (tertiary/aromatic N) is 2. The van der Waals surface area contributed by atoms with E-state index in [1.165, 1.54) is 6.92 Å². The Balaban J connectivity index is 1.68. The van der Waals surface area contributed by atoms with E-state index >= 15 is 0 Å². The van der Waals surface area contributed by atoms with Crippen LogP contribution >= 0.6 is 11.6 Å². The van der Waals surface area contributed by atoms with Gasteiger partial charge in [-0.05, 0) is 23.9 Å². The minimum absolute atomic E-state index is 0.0774. The van der Waals surface area contributed by atoms with Crippen molar-refractivity contribution in [3.8, 4) is 0 Å². The third-order valence-corrected chi connectivity index (χ3v) is 3.92. The molecule has 2 aromatic heterocycles. The predicted molar refractivity (Wildman–Crippen MR) is 85.8 cm³/mol. The van der Waals surface area contributed by atoms with Crippen LogP contribution in [0.25, 0.3) is 10.8 Å². The number of amides is 1. The van der Waals surface area contributed by atoms with E-state index in [2.05, 4.69) is 15.3 Å². The molecule has 2 aromatic rings. The van der Waals surface area contributed by atoms with Crippen LogP contribution in [0.4, 0.5) is 11.6 Å². The molecule has 0 radical (unpaired) electrons. The number of nitrogens with two attached hydrogens (primary N) is 1. The van der Waals surface area contributed by atoms with Gasteiger partial charge in [0.2, 0.25) is 5.91 Å². The van der Waals surface area contributed by atoms with E-state index in [1.54, 1.807) is 18.3 Å². The summed E-state index contributed by atoms with van der Waals surface area (Å²) in [5.41, 5.74) is 5.78. The minimum atomic E-state index is -0.338. The zero-order chi connectivity index (χ0) is 16.6. The number of anilines is 2. The van der Waals surface area contributed by atoms with E-state index in [9.17, 15) is 9.59 Å². The first kappa shape index (κ1) is 15.5. The van der Waals surface area contributed by atoms with Crippen LogP contribution in [0.15, 0.2) is 18.3 Å². The molecule has 1 amide bonds. The van der Waals surface area contributed by atoms with Gasteiger partial charge in [0.15, 0.2) is 0 Å². The molecule has 2 unspecified atom stereocenters. The van der Waals surface area contributed by atoms with Crippen molar-refractivity contribution in [2.75, 3.05) is 17.7 Å². The van der Waals surface area contributed by atoms with Gasteiger partial charge in [-0.1, -0.05) is 11.6 Å². The van der Waals surface area contributed by atoms with Crippen molar-refractivity contribution in [2.45, 2.75) is 13.3 Å². The van der Waals surface area contributed by atoms with Gasteiger partial charge in [0.25, 0.3) is 0 Å². The number of hydrogen-bond donors (Lipinski definition) is 2. The number of pyridine rings is 2. The average molecular weight is 335 g/mol. The number of carbonyl (C=O) groups is 2. The Morgan fingerprint density at radius 3 is 3.00 bits per heavy atom. The molecule has 0 aromatic carbocycles. The smallest absolute Gasteiger partial charge is 0.302 e. The molecule has 23 heavy (non-hydrogen) atoms. The summed E-state index contributed by atoms with van der Waals surface area (Å²) in [5, 5.41) is 4.46. The number of nitrogen functional groups attached to an aromatic ring is 1. The van der Waals surface area contributed by atoms with Gasteiger partial charge in [0.05, 0.1) is 6.61 Å². The fourth-order valence-corrected chi connectivity index (χ4v) is 2.61. The molecule has 1 saturated carbocycles. The molecule has 120 valence electrons. The molecule has 1 fully saturated rings. The summed E-state index contributed by atoms with van der Waals surface area (Å²) in [4.78, 5) is 31.0. The van der Waals surface area contributed by atoms with Crippen LogP contribution in [0.2, 0.25) is 5.15 Å². The molecule has 7 nitrogen and oxygen atoms in total. The van der Waals surface area contributed by atoms with Gasteiger partial charge in [-0.15, -0.1) is 0 Å². The summed E-state index contributed by atoms with van der Waals surface area (Å²) in [6.45, 7) is 1.62. The van der Waals surface area contributed by atoms with E-state index < -0.39 is 0 Å². The summed E-state index contributed by atoms with van der Waals surface area (Å²) < 4.78 is 4.91. The maximum absolute atomic E-state index is 12.1. The summed E-state index contributed by atoms with van der Waals surface area (Å²) in [6.07, 6.45) is 2.25. The van der Waals surface area contributed by atoms with E-state index in [1.807, 2.05) is 0 Å². The van der Waals surface area contributed by atoms with Crippen LogP contribution in [-0.2, 0) is 14.3 Å². The Labute approximate surface area is 137 Å². The first-order valence-corrected chi connectivity index (χ1v) is 7.48. The second-order valence-electron chi connectivity index (χ2n) is 5.52. The molecule has 0 aliphatic heterocycles. The van der Waals surface area contributed by atoms with Gasteiger partial charge in [-0.3, -0.25) is 9.59 Å². The number of rotatable bonds is 4. The van der Waals surface area contributed by atoms with E-state index in [-0.39, 0.29) is 35.5 Å². The summed E-state index contributed by atoms with van der Waals surface area (Å²) in [6, 6.07) is 3.35. The number of esters is 1. The van der Waals surface area contributed by atoms with Crippen LogP contribution < -0.4 is 11.1 Å². The van der Waals surface area contributed by atoms with Gasteiger partial charge in [-0.2, -0.15) is 0 Å². The minimum Gasteiger partial charge on any atom is -0.466 e. The van der Waals surface area contributed by atoms with Crippen LogP contribution in [0.1, 0.15) is 13.3 Å². The molecule has 2 heterocycles. The molecule has 0 bridgehead atoms.